The molecule has 0 radical (unpaired) electrons. The molecule has 2 aromatic carbocycles. The van der Waals surface area contributed by atoms with E-state index in [9.17, 15) is 9.59 Å². The Morgan fingerprint density at radius 1 is 1.13 bits per heavy atom. The maximum Gasteiger partial charge on any atom is 0.340 e. The predicted molar refractivity (Wildman–Crippen MR) is 91.5 cm³/mol. The zero-order valence-corrected chi connectivity index (χ0v) is 14.2. The minimum atomic E-state index is -0.833. The van der Waals surface area contributed by atoms with Crippen LogP contribution in [0.3, 0.4) is 0 Å². The number of benzene rings is 2. The van der Waals surface area contributed by atoms with E-state index in [1.54, 1.807) is 30.0 Å². The van der Waals surface area contributed by atoms with Crippen molar-refractivity contribution in [2.75, 3.05) is 11.4 Å². The fraction of sp³-hybridized carbons (Fsp3) is 0.222. The first-order chi connectivity index (χ1) is 11.1. The van der Waals surface area contributed by atoms with Gasteiger partial charge in [0.05, 0.1) is 5.56 Å². The van der Waals surface area contributed by atoms with Crippen LogP contribution < -0.4 is 4.90 Å². The highest BCUT2D eigenvalue weighted by Crippen LogP contribution is 2.28. The minimum Gasteiger partial charge on any atom is -0.449 e. The van der Waals surface area contributed by atoms with E-state index < -0.39 is 12.1 Å². The summed E-state index contributed by atoms with van der Waals surface area (Å²) in [5.74, 6) is -0.707. The van der Waals surface area contributed by atoms with Crippen molar-refractivity contribution in [1.29, 1.82) is 0 Å². The average Bonchev–Trinajstić information content (AvgIpc) is 2.98. The van der Waals surface area contributed by atoms with Crippen LogP contribution in [0.4, 0.5) is 5.69 Å². The van der Waals surface area contributed by atoms with E-state index in [-0.39, 0.29) is 5.91 Å². The van der Waals surface area contributed by atoms with Gasteiger partial charge in [0, 0.05) is 16.7 Å². The molecule has 118 valence electrons. The number of hydrogen-bond acceptors (Lipinski definition) is 3. The van der Waals surface area contributed by atoms with Crippen molar-refractivity contribution in [3.05, 3.63) is 64.1 Å². The van der Waals surface area contributed by atoms with Crippen LogP contribution in [-0.4, -0.2) is 24.5 Å². The Hall–Kier alpha value is -2.14. The number of nitrogens with zero attached hydrogens (tertiary/aromatic N) is 1. The van der Waals surface area contributed by atoms with Crippen LogP contribution in [0.5, 0.6) is 0 Å². The Kier molecular flexibility index (Phi) is 4.48. The molecule has 0 aliphatic carbocycles. The molecule has 1 aliphatic rings. The zero-order valence-electron chi connectivity index (χ0n) is 12.7. The normalized spacial score (nSPS) is 14.3. The maximum atomic E-state index is 12.6. The number of halogens is 1. The first kappa shape index (κ1) is 15.7. The van der Waals surface area contributed by atoms with Crippen molar-refractivity contribution in [3.63, 3.8) is 0 Å². The Morgan fingerprint density at radius 3 is 2.61 bits per heavy atom. The minimum absolute atomic E-state index is 0.199. The summed E-state index contributed by atoms with van der Waals surface area (Å²) in [6.07, 6.45) is -0.00642. The quantitative estimate of drug-likeness (QED) is 0.772. The number of para-hydroxylation sites is 1. The molecule has 0 saturated heterocycles. The highest BCUT2D eigenvalue weighted by Gasteiger charge is 2.30. The van der Waals surface area contributed by atoms with Gasteiger partial charge < -0.3 is 9.64 Å². The number of amides is 1. The summed E-state index contributed by atoms with van der Waals surface area (Å²) in [6, 6.07) is 14.8. The monoisotopic (exact) mass is 373 g/mol. The number of carbonyl (C=O) groups is 2. The molecule has 0 bridgehead atoms. The third-order valence-corrected chi connectivity index (χ3v) is 4.57. The average molecular weight is 374 g/mol. The van der Waals surface area contributed by atoms with Gasteiger partial charge in [-0.2, -0.15) is 0 Å². The van der Waals surface area contributed by atoms with E-state index in [0.29, 0.717) is 16.6 Å². The summed E-state index contributed by atoms with van der Waals surface area (Å²) in [6.45, 7) is 2.23. The van der Waals surface area contributed by atoms with Crippen LogP contribution in [0.25, 0.3) is 0 Å². The molecule has 0 spiro atoms. The van der Waals surface area contributed by atoms with Crippen LogP contribution in [0.15, 0.2) is 53.0 Å². The number of fused-ring (bicyclic) bond motifs is 1. The Morgan fingerprint density at radius 2 is 1.83 bits per heavy atom. The lowest BCUT2D eigenvalue weighted by atomic mass is 10.2. The molecule has 0 unspecified atom stereocenters. The fourth-order valence-electron chi connectivity index (χ4n) is 2.69. The molecule has 0 N–H and O–H groups in total. The lowest BCUT2D eigenvalue weighted by molar-refractivity contribution is -0.126. The molecule has 2 aromatic rings. The molecule has 0 saturated carbocycles. The third-order valence-electron chi connectivity index (χ3n) is 3.88. The molecule has 0 fully saturated rings. The van der Waals surface area contributed by atoms with Crippen LogP contribution in [0.2, 0.25) is 0 Å². The molecule has 3 rings (SSSR count). The zero-order chi connectivity index (χ0) is 16.4. The highest BCUT2D eigenvalue weighted by atomic mass is 79.9. The van der Waals surface area contributed by atoms with E-state index >= 15 is 0 Å². The maximum absolute atomic E-state index is 12.6. The topological polar surface area (TPSA) is 46.6 Å². The van der Waals surface area contributed by atoms with Gasteiger partial charge in [0.15, 0.2) is 6.10 Å². The molecule has 1 aliphatic heterocycles. The van der Waals surface area contributed by atoms with Gasteiger partial charge in [0.25, 0.3) is 5.91 Å². The van der Waals surface area contributed by atoms with Gasteiger partial charge in [-0.1, -0.05) is 30.3 Å². The van der Waals surface area contributed by atoms with E-state index in [4.69, 9.17) is 4.74 Å². The van der Waals surface area contributed by atoms with Crippen LogP contribution >= 0.6 is 15.9 Å². The molecule has 1 amide bonds. The van der Waals surface area contributed by atoms with E-state index in [0.717, 1.165) is 17.7 Å². The summed E-state index contributed by atoms with van der Waals surface area (Å²) in [5.41, 5.74) is 2.46. The number of hydrogen-bond donors (Lipinski definition) is 0. The van der Waals surface area contributed by atoms with Crippen LogP contribution in [0, 0.1) is 0 Å². The van der Waals surface area contributed by atoms with Crippen molar-refractivity contribution in [3.8, 4) is 0 Å². The molecule has 1 atom stereocenters. The van der Waals surface area contributed by atoms with Crippen molar-refractivity contribution in [2.24, 2.45) is 0 Å². The smallest absolute Gasteiger partial charge is 0.340 e. The van der Waals surface area contributed by atoms with Crippen LogP contribution in [-0.2, 0) is 16.0 Å². The summed E-state index contributed by atoms with van der Waals surface area (Å²) < 4.78 is 6.00. The summed E-state index contributed by atoms with van der Waals surface area (Å²) in [4.78, 5) is 26.5. The Bertz CT molecular complexity index is 759. The first-order valence-corrected chi connectivity index (χ1v) is 8.22. The van der Waals surface area contributed by atoms with Gasteiger partial charge >= 0.3 is 5.97 Å². The van der Waals surface area contributed by atoms with Gasteiger partial charge in [-0.05, 0) is 53.0 Å². The van der Waals surface area contributed by atoms with Crippen molar-refractivity contribution in [1.82, 2.24) is 0 Å². The third kappa shape index (κ3) is 3.15. The summed E-state index contributed by atoms with van der Waals surface area (Å²) >= 11 is 3.32. The van der Waals surface area contributed by atoms with Crippen LogP contribution in [0.1, 0.15) is 22.8 Å². The number of ether oxygens (including phenoxy) is 1. The number of anilines is 1. The molecule has 4 nitrogen and oxygen atoms in total. The number of esters is 1. The predicted octanol–water partition coefficient (Wildman–Crippen LogP) is 3.58. The second-order valence-electron chi connectivity index (χ2n) is 5.40. The summed E-state index contributed by atoms with van der Waals surface area (Å²) in [5, 5.41) is 0. The van der Waals surface area contributed by atoms with Crippen molar-refractivity contribution < 1.29 is 14.3 Å². The largest absolute Gasteiger partial charge is 0.449 e. The second kappa shape index (κ2) is 6.54. The van der Waals surface area contributed by atoms with E-state index in [2.05, 4.69) is 15.9 Å². The number of rotatable bonds is 3. The van der Waals surface area contributed by atoms with Gasteiger partial charge in [-0.15, -0.1) is 0 Å². The SMILES string of the molecule is C[C@H](OC(=O)c1ccccc1Br)C(=O)N1CCc2ccccc21. The lowest BCUT2D eigenvalue weighted by Crippen LogP contribution is -2.39. The van der Waals surface area contributed by atoms with Gasteiger partial charge in [0.1, 0.15) is 0 Å². The van der Waals surface area contributed by atoms with E-state index in [1.165, 1.54) is 0 Å². The van der Waals surface area contributed by atoms with Gasteiger partial charge in [0.2, 0.25) is 0 Å². The molecule has 23 heavy (non-hydrogen) atoms. The highest BCUT2D eigenvalue weighted by molar-refractivity contribution is 9.10. The molecular weight excluding hydrogens is 358 g/mol. The molecule has 0 aromatic heterocycles. The van der Waals surface area contributed by atoms with Gasteiger partial charge in [-0.3, -0.25) is 4.79 Å². The standard InChI is InChI=1S/C18H16BrNO3/c1-12(23-18(22)14-7-3-4-8-15(14)19)17(21)20-11-10-13-6-2-5-9-16(13)20/h2-9,12H,10-11H2,1H3/t12-/m0/s1. The second-order valence-corrected chi connectivity index (χ2v) is 6.25. The van der Waals surface area contributed by atoms with E-state index in [1.807, 2.05) is 30.3 Å². The molecule has 1 heterocycles. The fourth-order valence-corrected chi connectivity index (χ4v) is 3.13. The number of carbonyl (C=O) groups excluding carboxylic acids is 2. The first-order valence-electron chi connectivity index (χ1n) is 7.42. The lowest BCUT2D eigenvalue weighted by Gasteiger charge is -2.21. The Balaban J connectivity index is 1.72. The summed E-state index contributed by atoms with van der Waals surface area (Å²) in [7, 11) is 0. The molecular formula is C18H16BrNO3. The Labute approximate surface area is 143 Å². The van der Waals surface area contributed by atoms with Gasteiger partial charge in [-0.25, -0.2) is 4.79 Å². The molecule has 5 heteroatoms. The van der Waals surface area contributed by atoms with Crippen molar-refractivity contribution in [2.45, 2.75) is 19.4 Å². The van der Waals surface area contributed by atoms with Crippen molar-refractivity contribution >= 4 is 33.5 Å².